The highest BCUT2D eigenvalue weighted by atomic mass is 14.4. The molecule has 0 fully saturated rings. The maximum Gasteiger partial charge on any atom is -0.0203 e. The highest BCUT2D eigenvalue weighted by Crippen LogP contribution is 2.41. The predicted octanol–water partition coefficient (Wildman–Crippen LogP) is 6.80. The minimum absolute atomic E-state index is 0.315. The van der Waals surface area contributed by atoms with Crippen LogP contribution in [-0.4, -0.2) is 0 Å². The zero-order valence-electron chi connectivity index (χ0n) is 14.8. The zero-order valence-corrected chi connectivity index (χ0v) is 14.8. The topological polar surface area (TPSA) is 0 Å². The molecule has 0 spiro atoms. The Morgan fingerprint density at radius 1 is 0.950 bits per heavy atom. The largest absolute Gasteiger partial charge is 0.0914 e. The molecule has 116 valence electrons. The number of hydrogen-bond donors (Lipinski definition) is 0. The van der Waals surface area contributed by atoms with Gasteiger partial charge in [-0.15, -0.1) is 0 Å². The summed E-state index contributed by atoms with van der Waals surface area (Å²) >= 11 is 0. The van der Waals surface area contributed by atoms with Gasteiger partial charge in [-0.05, 0) is 43.4 Å². The van der Waals surface area contributed by atoms with Crippen molar-refractivity contribution in [2.75, 3.05) is 0 Å². The number of rotatable bonds is 9. The fraction of sp³-hybridized carbons (Fsp3) is 0.700. The van der Waals surface area contributed by atoms with E-state index < -0.39 is 0 Å². The van der Waals surface area contributed by atoms with Crippen molar-refractivity contribution < 1.29 is 0 Å². The number of unbranched alkanes of at least 4 members (excludes halogenated alkanes) is 1. The molecule has 0 saturated carbocycles. The molecule has 0 heteroatoms. The van der Waals surface area contributed by atoms with Crippen LogP contribution in [0.5, 0.6) is 0 Å². The van der Waals surface area contributed by atoms with Crippen LogP contribution in [0.2, 0.25) is 0 Å². The molecule has 0 heterocycles. The van der Waals surface area contributed by atoms with Crippen molar-refractivity contribution in [1.82, 2.24) is 0 Å². The van der Waals surface area contributed by atoms with Gasteiger partial charge in [0.15, 0.2) is 0 Å². The van der Waals surface area contributed by atoms with E-state index in [1.807, 2.05) is 0 Å². The molecule has 0 bridgehead atoms. The Kier molecular flexibility index (Phi) is 9.63. The molecule has 3 atom stereocenters. The second kappa shape index (κ2) is 10.0. The Balaban J connectivity index is 4.92. The first-order valence-corrected chi connectivity index (χ1v) is 8.34. The lowest BCUT2D eigenvalue weighted by Crippen LogP contribution is -2.32. The van der Waals surface area contributed by atoms with Crippen LogP contribution in [0, 0.1) is 23.2 Å². The molecule has 0 aromatic heterocycles. The van der Waals surface area contributed by atoms with Crippen LogP contribution in [0.4, 0.5) is 0 Å². The van der Waals surface area contributed by atoms with Crippen molar-refractivity contribution in [2.45, 2.75) is 67.7 Å². The van der Waals surface area contributed by atoms with Gasteiger partial charge in [0.1, 0.15) is 0 Å². The molecule has 0 amide bonds. The Morgan fingerprint density at radius 2 is 1.60 bits per heavy atom. The third-order valence-electron chi connectivity index (χ3n) is 5.02. The van der Waals surface area contributed by atoms with E-state index in [1.165, 1.54) is 19.3 Å². The lowest BCUT2D eigenvalue weighted by atomic mass is 9.65. The number of allylic oxidation sites excluding steroid dienone is 6. The van der Waals surface area contributed by atoms with Crippen molar-refractivity contribution in [3.8, 4) is 0 Å². The standard InChI is InChI=1S/C20H36/c1-8-11-13-15-17(4)20(6,7)18(5)19(14-10-3)16-12-9-2/h8,10-11,13-15,17-19H,9,12,16H2,1-7H3. The van der Waals surface area contributed by atoms with Gasteiger partial charge in [-0.1, -0.05) is 83.9 Å². The van der Waals surface area contributed by atoms with E-state index in [4.69, 9.17) is 0 Å². The van der Waals surface area contributed by atoms with Gasteiger partial charge in [0.2, 0.25) is 0 Å². The smallest absolute Gasteiger partial charge is 0.0203 e. The molecule has 0 aromatic carbocycles. The molecule has 20 heavy (non-hydrogen) atoms. The van der Waals surface area contributed by atoms with Crippen LogP contribution in [0.1, 0.15) is 67.7 Å². The van der Waals surface area contributed by atoms with Crippen molar-refractivity contribution in [1.29, 1.82) is 0 Å². The molecule has 0 aliphatic carbocycles. The van der Waals surface area contributed by atoms with Crippen molar-refractivity contribution in [2.24, 2.45) is 23.2 Å². The maximum atomic E-state index is 2.43. The zero-order chi connectivity index (χ0) is 15.6. The first kappa shape index (κ1) is 19.2. The molecule has 0 aliphatic rings. The van der Waals surface area contributed by atoms with Gasteiger partial charge >= 0.3 is 0 Å². The van der Waals surface area contributed by atoms with E-state index in [0.29, 0.717) is 23.2 Å². The van der Waals surface area contributed by atoms with Crippen molar-refractivity contribution >= 4 is 0 Å². The quantitative estimate of drug-likeness (QED) is 0.321. The minimum Gasteiger partial charge on any atom is -0.0914 e. The van der Waals surface area contributed by atoms with E-state index >= 15 is 0 Å². The highest BCUT2D eigenvalue weighted by molar-refractivity contribution is 5.06. The highest BCUT2D eigenvalue weighted by Gasteiger charge is 2.34. The first-order valence-electron chi connectivity index (χ1n) is 8.34. The summed E-state index contributed by atoms with van der Waals surface area (Å²) < 4.78 is 0. The van der Waals surface area contributed by atoms with Crippen LogP contribution in [0.3, 0.4) is 0 Å². The van der Waals surface area contributed by atoms with Gasteiger partial charge in [-0.25, -0.2) is 0 Å². The third-order valence-corrected chi connectivity index (χ3v) is 5.02. The molecule has 0 radical (unpaired) electrons. The lowest BCUT2D eigenvalue weighted by Gasteiger charge is -2.40. The normalized spacial score (nSPS) is 18.1. The number of hydrogen-bond acceptors (Lipinski definition) is 0. The van der Waals surface area contributed by atoms with Crippen molar-refractivity contribution in [3.63, 3.8) is 0 Å². The molecule has 0 rings (SSSR count). The predicted molar refractivity (Wildman–Crippen MR) is 93.9 cm³/mol. The Hall–Kier alpha value is -0.780. The second-order valence-electron chi connectivity index (χ2n) is 6.64. The molecular weight excluding hydrogens is 240 g/mol. The maximum absolute atomic E-state index is 2.43. The minimum atomic E-state index is 0.315. The van der Waals surface area contributed by atoms with E-state index in [1.54, 1.807) is 0 Å². The summed E-state index contributed by atoms with van der Waals surface area (Å²) in [6, 6.07) is 0. The van der Waals surface area contributed by atoms with Crippen LogP contribution >= 0.6 is 0 Å². The Bertz CT molecular complexity index is 317. The summed E-state index contributed by atoms with van der Waals surface area (Å²) in [7, 11) is 0. The molecule has 3 unspecified atom stereocenters. The second-order valence-corrected chi connectivity index (χ2v) is 6.64. The van der Waals surface area contributed by atoms with Gasteiger partial charge in [-0.3, -0.25) is 0 Å². The van der Waals surface area contributed by atoms with Crippen molar-refractivity contribution in [3.05, 3.63) is 36.5 Å². The van der Waals surface area contributed by atoms with Gasteiger partial charge in [0, 0.05) is 0 Å². The van der Waals surface area contributed by atoms with Gasteiger partial charge in [0.25, 0.3) is 0 Å². The summed E-state index contributed by atoms with van der Waals surface area (Å²) in [4.78, 5) is 0. The average molecular weight is 277 g/mol. The van der Waals surface area contributed by atoms with Gasteiger partial charge in [-0.2, -0.15) is 0 Å². The Labute approximate surface area is 128 Å². The monoisotopic (exact) mass is 276 g/mol. The fourth-order valence-corrected chi connectivity index (χ4v) is 2.76. The fourth-order valence-electron chi connectivity index (χ4n) is 2.76. The van der Waals surface area contributed by atoms with E-state index in [2.05, 4.69) is 84.9 Å². The van der Waals surface area contributed by atoms with E-state index in [0.717, 1.165) is 0 Å². The molecule has 0 aromatic rings. The van der Waals surface area contributed by atoms with Gasteiger partial charge in [0.05, 0.1) is 0 Å². The molecule has 0 N–H and O–H groups in total. The molecule has 0 nitrogen and oxygen atoms in total. The molecular formula is C20H36. The third kappa shape index (κ3) is 6.11. The summed E-state index contributed by atoms with van der Waals surface area (Å²) in [5.41, 5.74) is 0.315. The summed E-state index contributed by atoms with van der Waals surface area (Å²) in [6.45, 7) is 16.1. The lowest BCUT2D eigenvalue weighted by molar-refractivity contribution is 0.126. The SMILES string of the molecule is CC=CC=CC(C)C(C)(C)C(C)C(C=CC)CCCC. The summed E-state index contributed by atoms with van der Waals surface area (Å²) in [6.07, 6.45) is 17.3. The summed E-state index contributed by atoms with van der Waals surface area (Å²) in [5.74, 6) is 1.98. The summed E-state index contributed by atoms with van der Waals surface area (Å²) in [5, 5.41) is 0. The van der Waals surface area contributed by atoms with E-state index in [9.17, 15) is 0 Å². The molecule has 0 aliphatic heterocycles. The average Bonchev–Trinajstić information content (AvgIpc) is 2.42. The van der Waals surface area contributed by atoms with E-state index in [-0.39, 0.29) is 0 Å². The molecule has 0 saturated heterocycles. The van der Waals surface area contributed by atoms with Crippen LogP contribution < -0.4 is 0 Å². The van der Waals surface area contributed by atoms with Crippen LogP contribution in [-0.2, 0) is 0 Å². The van der Waals surface area contributed by atoms with Crippen LogP contribution in [0.15, 0.2) is 36.5 Å². The van der Waals surface area contributed by atoms with Gasteiger partial charge < -0.3 is 0 Å². The first-order chi connectivity index (χ1) is 9.41. The van der Waals surface area contributed by atoms with Crippen LogP contribution in [0.25, 0.3) is 0 Å². The Morgan fingerprint density at radius 3 is 2.10 bits per heavy atom.